The van der Waals surface area contributed by atoms with Crippen LogP contribution in [0.5, 0.6) is 0 Å². The van der Waals surface area contributed by atoms with Crippen LogP contribution in [0, 0.1) is 0 Å². The quantitative estimate of drug-likeness (QED) is 0.756. The fourth-order valence-corrected chi connectivity index (χ4v) is 2.61. The maximum absolute atomic E-state index is 12.8. The van der Waals surface area contributed by atoms with Gasteiger partial charge in [-0.05, 0) is 17.1 Å². The molecule has 0 aliphatic heterocycles. The molecule has 1 aromatic carbocycles. The number of halogens is 1. The summed E-state index contributed by atoms with van der Waals surface area (Å²) in [4.78, 5) is 0.220. The summed E-state index contributed by atoms with van der Waals surface area (Å²) in [6.07, 6.45) is 0. The van der Waals surface area contributed by atoms with Gasteiger partial charge >= 0.3 is 10.2 Å². The van der Waals surface area contributed by atoms with Crippen LogP contribution < -0.4 is 0 Å². The molecule has 0 amide bonds. The van der Waals surface area contributed by atoms with E-state index < -0.39 is 15.2 Å². The minimum absolute atomic E-state index is 0.220. The maximum atomic E-state index is 12.8. The predicted octanol–water partition coefficient (Wildman–Crippen LogP) is 1.86. The van der Waals surface area contributed by atoms with Crippen molar-refractivity contribution in [2.75, 3.05) is 0 Å². The Labute approximate surface area is 89.8 Å². The van der Waals surface area contributed by atoms with Gasteiger partial charge in [-0.25, -0.2) is 0 Å². The zero-order chi connectivity index (χ0) is 10.9. The summed E-state index contributed by atoms with van der Waals surface area (Å²) in [5.74, 6) is 0. The lowest BCUT2D eigenvalue weighted by Crippen LogP contribution is -1.94. The molecule has 2 aromatic rings. The topological polar surface area (TPSA) is 59.9 Å². The molecular weight excluding hydrogens is 239 g/mol. The molecule has 0 saturated carbocycles. The summed E-state index contributed by atoms with van der Waals surface area (Å²) in [5.41, 5.74) is 0.587. The van der Waals surface area contributed by atoms with Gasteiger partial charge in [-0.1, -0.05) is 38.7 Å². The molecule has 0 bridgehead atoms. The van der Waals surface area contributed by atoms with Gasteiger partial charge in [0.25, 0.3) is 0 Å². The fourth-order valence-electron chi connectivity index (χ4n) is 1.11. The van der Waals surface area contributed by atoms with Crippen molar-refractivity contribution < 1.29 is 12.3 Å². The Balaban J connectivity index is 2.61. The van der Waals surface area contributed by atoms with E-state index in [-0.39, 0.29) is 4.88 Å². The molecule has 0 saturated heterocycles. The molecule has 0 aliphatic rings. The Morgan fingerprint density at radius 3 is 2.47 bits per heavy atom. The van der Waals surface area contributed by atoms with Crippen molar-refractivity contribution in [1.82, 2.24) is 9.59 Å². The van der Waals surface area contributed by atoms with E-state index in [1.807, 2.05) is 0 Å². The Kier molecular flexibility index (Phi) is 2.49. The van der Waals surface area contributed by atoms with Crippen LogP contribution in [0.4, 0.5) is 3.89 Å². The van der Waals surface area contributed by atoms with Crippen molar-refractivity contribution in [3.05, 3.63) is 30.3 Å². The second kappa shape index (κ2) is 3.67. The molecule has 1 heterocycles. The molecule has 1 aromatic heterocycles. The highest BCUT2D eigenvalue weighted by Crippen LogP contribution is 2.29. The monoisotopic (exact) mass is 244 g/mol. The highest BCUT2D eigenvalue weighted by Gasteiger charge is 2.23. The van der Waals surface area contributed by atoms with Crippen molar-refractivity contribution >= 4 is 21.8 Å². The Morgan fingerprint density at radius 1 is 1.20 bits per heavy atom. The summed E-state index contributed by atoms with van der Waals surface area (Å²) in [7, 11) is -4.80. The van der Waals surface area contributed by atoms with Gasteiger partial charge in [0.1, 0.15) is 0 Å². The van der Waals surface area contributed by atoms with Crippen LogP contribution in [-0.2, 0) is 10.2 Å². The second-order valence-corrected chi connectivity index (χ2v) is 4.73. The minimum Gasteiger partial charge on any atom is -0.188 e. The highest BCUT2D eigenvalue weighted by molar-refractivity contribution is 7.86. The van der Waals surface area contributed by atoms with Crippen molar-refractivity contribution in [3.8, 4) is 10.4 Å². The molecule has 2 rings (SSSR count). The predicted molar refractivity (Wildman–Crippen MR) is 53.6 cm³/mol. The SMILES string of the molecule is O=S(=O)(F)c1nnsc1-c1ccccc1. The lowest BCUT2D eigenvalue weighted by atomic mass is 10.2. The average molecular weight is 244 g/mol. The second-order valence-electron chi connectivity index (χ2n) is 2.71. The van der Waals surface area contributed by atoms with Gasteiger partial charge in [-0.3, -0.25) is 0 Å². The standard InChI is InChI=1S/C8H5FN2O2S2/c9-15(12,13)8-7(14-11-10-8)6-4-2-1-3-5-6/h1-5H. The van der Waals surface area contributed by atoms with Gasteiger partial charge in [0.15, 0.2) is 0 Å². The van der Waals surface area contributed by atoms with Crippen LogP contribution in [0.2, 0.25) is 0 Å². The Morgan fingerprint density at radius 2 is 1.87 bits per heavy atom. The van der Waals surface area contributed by atoms with Gasteiger partial charge in [-0.2, -0.15) is 8.42 Å². The van der Waals surface area contributed by atoms with Crippen LogP contribution in [0.3, 0.4) is 0 Å². The zero-order valence-corrected chi connectivity index (χ0v) is 8.93. The van der Waals surface area contributed by atoms with Gasteiger partial charge in [0.05, 0.1) is 4.88 Å². The molecule has 0 fully saturated rings. The number of nitrogens with zero attached hydrogens (tertiary/aromatic N) is 2. The number of aromatic nitrogens is 2. The molecule has 0 atom stereocenters. The summed E-state index contributed by atoms with van der Waals surface area (Å²) in [6, 6.07) is 8.57. The third-order valence-corrected chi connectivity index (χ3v) is 3.38. The van der Waals surface area contributed by atoms with Crippen LogP contribution in [0.25, 0.3) is 10.4 Å². The lowest BCUT2D eigenvalue weighted by molar-refractivity contribution is 0.548. The van der Waals surface area contributed by atoms with Crippen LogP contribution in [0.15, 0.2) is 35.4 Å². The van der Waals surface area contributed by atoms with E-state index in [4.69, 9.17) is 0 Å². The molecule has 0 aliphatic carbocycles. The number of benzene rings is 1. The van der Waals surface area contributed by atoms with Crippen LogP contribution in [0.1, 0.15) is 0 Å². The molecule has 0 unspecified atom stereocenters. The summed E-state index contributed by atoms with van der Waals surface area (Å²) in [5, 5.41) is 2.66. The van der Waals surface area contributed by atoms with Crippen molar-refractivity contribution in [2.24, 2.45) is 0 Å². The molecule has 0 spiro atoms. The maximum Gasteiger partial charge on any atom is 0.353 e. The lowest BCUT2D eigenvalue weighted by Gasteiger charge is -1.96. The summed E-state index contributed by atoms with van der Waals surface area (Å²) >= 11 is 0.849. The average Bonchev–Trinajstić information content (AvgIpc) is 2.67. The molecule has 7 heteroatoms. The van der Waals surface area contributed by atoms with E-state index in [1.54, 1.807) is 30.3 Å². The first kappa shape index (κ1) is 10.2. The van der Waals surface area contributed by atoms with E-state index in [9.17, 15) is 12.3 Å². The van der Waals surface area contributed by atoms with E-state index in [0.29, 0.717) is 5.56 Å². The number of hydrogen-bond acceptors (Lipinski definition) is 5. The molecular formula is C8H5FN2O2S2. The number of rotatable bonds is 2. The van der Waals surface area contributed by atoms with Gasteiger partial charge < -0.3 is 0 Å². The van der Waals surface area contributed by atoms with E-state index >= 15 is 0 Å². The van der Waals surface area contributed by atoms with E-state index in [1.165, 1.54) is 0 Å². The Bertz CT molecular complexity index is 565. The smallest absolute Gasteiger partial charge is 0.188 e. The number of hydrogen-bond donors (Lipinski definition) is 0. The van der Waals surface area contributed by atoms with Crippen LogP contribution in [-0.4, -0.2) is 18.0 Å². The van der Waals surface area contributed by atoms with Gasteiger partial charge in [-0.15, -0.1) is 5.10 Å². The van der Waals surface area contributed by atoms with E-state index in [2.05, 4.69) is 9.59 Å². The minimum atomic E-state index is -4.80. The summed E-state index contributed by atoms with van der Waals surface area (Å²) < 4.78 is 37.7. The highest BCUT2D eigenvalue weighted by atomic mass is 32.3. The first-order valence-electron chi connectivity index (χ1n) is 3.91. The summed E-state index contributed by atoms with van der Waals surface area (Å²) in [6.45, 7) is 0. The van der Waals surface area contributed by atoms with Crippen molar-refractivity contribution in [1.29, 1.82) is 0 Å². The third-order valence-electron chi connectivity index (χ3n) is 1.72. The molecule has 4 nitrogen and oxygen atoms in total. The van der Waals surface area contributed by atoms with Gasteiger partial charge in [0.2, 0.25) is 5.03 Å². The van der Waals surface area contributed by atoms with Crippen molar-refractivity contribution in [3.63, 3.8) is 0 Å². The first-order valence-corrected chi connectivity index (χ1v) is 6.07. The normalized spacial score (nSPS) is 11.5. The molecule has 0 N–H and O–H groups in total. The largest absolute Gasteiger partial charge is 0.353 e. The zero-order valence-electron chi connectivity index (χ0n) is 7.29. The first-order chi connectivity index (χ1) is 7.09. The van der Waals surface area contributed by atoms with Crippen molar-refractivity contribution in [2.45, 2.75) is 5.03 Å². The fraction of sp³-hybridized carbons (Fsp3) is 0. The molecule has 0 radical (unpaired) electrons. The Hall–Kier alpha value is -1.34. The van der Waals surface area contributed by atoms with Gasteiger partial charge in [0, 0.05) is 0 Å². The molecule has 78 valence electrons. The third kappa shape index (κ3) is 2.02. The van der Waals surface area contributed by atoms with Crippen LogP contribution >= 0.6 is 11.5 Å². The van der Waals surface area contributed by atoms with E-state index in [0.717, 1.165) is 11.5 Å². The molecule has 15 heavy (non-hydrogen) atoms.